The Morgan fingerprint density at radius 1 is 0.324 bits per heavy atom. The molecule has 3 aromatic heterocycles. The number of rotatable bonds is 8. The Labute approximate surface area is 430 Å². The molecule has 0 aliphatic carbocycles. The lowest BCUT2D eigenvalue weighted by Crippen LogP contribution is -2.04. The highest BCUT2D eigenvalue weighted by atomic mass is 15.0. The van der Waals surface area contributed by atoms with Gasteiger partial charge in [-0.1, -0.05) is 175 Å². The smallest absolute Gasteiger partial charge is 0.188 e. The third-order valence-corrected chi connectivity index (χ3v) is 14.6. The van der Waals surface area contributed by atoms with E-state index in [0.717, 1.165) is 88.4 Å². The van der Waals surface area contributed by atoms with Crippen LogP contribution in [-0.4, -0.2) is 24.1 Å². The van der Waals surface area contributed by atoms with E-state index in [0.29, 0.717) is 23.2 Å². The zero-order chi connectivity index (χ0) is 50.0. The van der Waals surface area contributed by atoms with Crippen LogP contribution in [0.5, 0.6) is 0 Å². The lowest BCUT2D eigenvalue weighted by atomic mass is 9.97. The lowest BCUT2D eigenvalue weighted by Gasteiger charge is -2.20. The van der Waals surface area contributed by atoms with Crippen molar-refractivity contribution in [2.24, 2.45) is 0 Å². The molecule has 6 nitrogen and oxygen atoms in total. The summed E-state index contributed by atoms with van der Waals surface area (Å²) in [7, 11) is 0. The normalized spacial score (nSPS) is 11.5. The molecule has 0 aliphatic rings. The van der Waals surface area contributed by atoms with Crippen LogP contribution in [0.4, 0.5) is 5.69 Å². The third kappa shape index (κ3) is 7.53. The number of para-hydroxylation sites is 2. The van der Waals surface area contributed by atoms with Crippen LogP contribution >= 0.6 is 0 Å². The van der Waals surface area contributed by atoms with Crippen molar-refractivity contribution >= 4 is 49.3 Å². The monoisotopic (exact) mass is 948 g/mol. The number of nitrogens with zero attached hydrogens (tertiary/aromatic N) is 6. The van der Waals surface area contributed by atoms with Gasteiger partial charge in [-0.05, 0) is 121 Å². The van der Waals surface area contributed by atoms with E-state index in [2.05, 4.69) is 193 Å². The molecule has 0 spiro atoms. The number of aryl methyl sites for hydroxylation is 4. The first kappa shape index (κ1) is 44.3. The van der Waals surface area contributed by atoms with Crippen molar-refractivity contribution < 1.29 is 0 Å². The molecule has 0 atom stereocenters. The third-order valence-electron chi connectivity index (χ3n) is 14.6. The van der Waals surface area contributed by atoms with E-state index < -0.39 is 0 Å². The summed E-state index contributed by atoms with van der Waals surface area (Å²) in [6, 6.07) is 77.3. The molecule has 0 aliphatic heterocycles. The number of hydrogen-bond donors (Lipinski definition) is 0. The van der Waals surface area contributed by atoms with Crippen molar-refractivity contribution in [1.29, 1.82) is 0 Å². The Bertz CT molecular complexity index is 4360. The Morgan fingerprint density at radius 2 is 0.770 bits per heavy atom. The minimum atomic E-state index is 0.550. The summed E-state index contributed by atoms with van der Waals surface area (Å²) in [5, 5.41) is 4.60. The Kier molecular flexibility index (Phi) is 10.7. The maximum atomic E-state index is 8.39. The van der Waals surface area contributed by atoms with Crippen LogP contribution < -0.4 is 0 Å². The lowest BCUT2D eigenvalue weighted by molar-refractivity contribution is 1.07. The molecule has 13 rings (SSSR count). The molecule has 13 aromatic rings. The molecular weight excluding hydrogens is 901 g/mol. The highest BCUT2D eigenvalue weighted by Gasteiger charge is 2.24. The quantitative estimate of drug-likeness (QED) is 0.143. The van der Waals surface area contributed by atoms with E-state index in [-0.39, 0.29) is 0 Å². The minimum Gasteiger partial charge on any atom is -0.309 e. The zero-order valence-corrected chi connectivity index (χ0v) is 41.5. The number of aromatic nitrogens is 5. The SMILES string of the molecule is [C-]#[N+]c1ccc(-n2c3ccccc3c3cc(-c4ccc(C)cc4C)ccc32)c(-c2ccc(-c3nc(-c4ccccc4)nc(-c4ccccc4)n3)cc2-n2c3ccccc3c3cc(-c4ccc(C)cc4C)ccc32)c1. The summed E-state index contributed by atoms with van der Waals surface area (Å²) >= 11 is 0. The standard InChI is InChI=1S/C68H48N6/c1-42-24-30-52(44(3)36-42)48-27-33-62-57(38-48)54-20-12-14-22-60(54)73(62)64-35-29-51(69-5)41-59(64)56-32-26-50(68-71-66(46-16-8-6-9-17-46)70-67(72-68)47-18-10-7-11-19-47)40-65(56)74-61-23-15-13-21-55(61)58-39-49(28-34-63(58)74)53-31-25-43(2)37-45(53)4/h6-41H,1-4H3. The van der Waals surface area contributed by atoms with Gasteiger partial charge in [0.15, 0.2) is 23.2 Å². The van der Waals surface area contributed by atoms with E-state index >= 15 is 0 Å². The molecule has 74 heavy (non-hydrogen) atoms. The van der Waals surface area contributed by atoms with Crippen LogP contribution in [0, 0.1) is 34.3 Å². The average Bonchev–Trinajstić information content (AvgIpc) is 3.95. The highest BCUT2D eigenvalue weighted by Crippen LogP contribution is 2.45. The van der Waals surface area contributed by atoms with Gasteiger partial charge in [-0.3, -0.25) is 0 Å². The number of fused-ring (bicyclic) bond motifs is 6. The van der Waals surface area contributed by atoms with Crippen LogP contribution in [0.3, 0.4) is 0 Å². The largest absolute Gasteiger partial charge is 0.309 e. The fraction of sp³-hybridized carbons (Fsp3) is 0.0588. The summed E-state index contributed by atoms with van der Waals surface area (Å²) < 4.78 is 4.77. The van der Waals surface area contributed by atoms with E-state index in [4.69, 9.17) is 21.5 Å². The Morgan fingerprint density at radius 3 is 1.28 bits per heavy atom. The highest BCUT2D eigenvalue weighted by molar-refractivity contribution is 6.13. The molecule has 0 saturated heterocycles. The topological polar surface area (TPSA) is 52.9 Å². The van der Waals surface area contributed by atoms with Gasteiger partial charge in [-0.25, -0.2) is 19.8 Å². The Hall–Kier alpha value is -9.70. The Balaban J connectivity index is 1.10. The summed E-state index contributed by atoms with van der Waals surface area (Å²) in [4.78, 5) is 19.6. The predicted molar refractivity (Wildman–Crippen MR) is 306 cm³/mol. The van der Waals surface area contributed by atoms with Gasteiger partial charge in [-0.2, -0.15) is 0 Å². The van der Waals surface area contributed by atoms with Crippen molar-refractivity contribution in [3.05, 3.63) is 252 Å². The van der Waals surface area contributed by atoms with Gasteiger partial charge in [0.1, 0.15) is 0 Å². The molecule has 0 amide bonds. The number of benzene rings is 10. The molecule has 3 heterocycles. The summed E-state index contributed by atoms with van der Waals surface area (Å²) in [5.74, 6) is 1.74. The molecule has 0 saturated carbocycles. The molecule has 0 N–H and O–H groups in total. The first-order valence-electron chi connectivity index (χ1n) is 25.0. The van der Waals surface area contributed by atoms with Gasteiger partial charge in [0, 0.05) is 43.8 Å². The van der Waals surface area contributed by atoms with Gasteiger partial charge in [-0.15, -0.1) is 0 Å². The fourth-order valence-corrected chi connectivity index (χ4v) is 11.1. The van der Waals surface area contributed by atoms with Gasteiger partial charge in [0.05, 0.1) is 40.0 Å². The summed E-state index contributed by atoms with van der Waals surface area (Å²) in [6.07, 6.45) is 0. The van der Waals surface area contributed by atoms with Gasteiger partial charge >= 0.3 is 0 Å². The molecule has 0 radical (unpaired) electrons. The molecule has 0 fully saturated rings. The number of hydrogen-bond acceptors (Lipinski definition) is 3. The van der Waals surface area contributed by atoms with Gasteiger partial charge in [0.25, 0.3) is 0 Å². The molecule has 0 unspecified atom stereocenters. The van der Waals surface area contributed by atoms with E-state index in [9.17, 15) is 0 Å². The summed E-state index contributed by atoms with van der Waals surface area (Å²) in [6.45, 7) is 17.1. The van der Waals surface area contributed by atoms with Crippen LogP contribution in [-0.2, 0) is 0 Å². The van der Waals surface area contributed by atoms with Crippen molar-refractivity contribution in [1.82, 2.24) is 24.1 Å². The second kappa shape index (κ2) is 17.9. The predicted octanol–water partition coefficient (Wildman–Crippen LogP) is 17.9. The van der Waals surface area contributed by atoms with Crippen molar-refractivity contribution in [2.75, 3.05) is 0 Å². The molecule has 350 valence electrons. The van der Waals surface area contributed by atoms with Crippen LogP contribution in [0.2, 0.25) is 0 Å². The molecular formula is C68H48N6. The first-order valence-corrected chi connectivity index (χ1v) is 25.0. The van der Waals surface area contributed by atoms with Crippen molar-refractivity contribution in [3.8, 4) is 78.9 Å². The molecule has 10 aromatic carbocycles. The van der Waals surface area contributed by atoms with E-state index in [1.165, 1.54) is 38.9 Å². The van der Waals surface area contributed by atoms with Crippen molar-refractivity contribution in [2.45, 2.75) is 27.7 Å². The zero-order valence-electron chi connectivity index (χ0n) is 41.5. The summed E-state index contributed by atoms with van der Waals surface area (Å²) in [5.41, 5.74) is 21.0. The average molecular weight is 949 g/mol. The van der Waals surface area contributed by atoms with Crippen LogP contribution in [0.25, 0.3) is 127 Å². The minimum absolute atomic E-state index is 0.550. The van der Waals surface area contributed by atoms with Gasteiger partial charge < -0.3 is 9.13 Å². The van der Waals surface area contributed by atoms with Crippen LogP contribution in [0.15, 0.2) is 218 Å². The maximum Gasteiger partial charge on any atom is 0.188 e. The second-order valence-electron chi connectivity index (χ2n) is 19.4. The van der Waals surface area contributed by atoms with E-state index in [1.807, 2.05) is 66.7 Å². The fourth-order valence-electron chi connectivity index (χ4n) is 11.1. The van der Waals surface area contributed by atoms with Gasteiger partial charge in [0.2, 0.25) is 0 Å². The molecule has 6 heteroatoms. The maximum absolute atomic E-state index is 8.39. The second-order valence-corrected chi connectivity index (χ2v) is 19.4. The van der Waals surface area contributed by atoms with Crippen LogP contribution in [0.1, 0.15) is 22.3 Å². The van der Waals surface area contributed by atoms with Crippen molar-refractivity contribution in [3.63, 3.8) is 0 Å². The first-order chi connectivity index (χ1) is 36.3. The van der Waals surface area contributed by atoms with E-state index in [1.54, 1.807) is 0 Å². The molecule has 0 bridgehead atoms.